The summed E-state index contributed by atoms with van der Waals surface area (Å²) in [4.78, 5) is 11.7. The van der Waals surface area contributed by atoms with E-state index in [4.69, 9.17) is 16.7 Å². The van der Waals surface area contributed by atoms with Crippen LogP contribution in [0.1, 0.15) is 0 Å². The average molecular weight is 245 g/mol. The predicted molar refractivity (Wildman–Crippen MR) is 60.9 cm³/mol. The number of aromatic nitrogens is 2. The largest absolute Gasteiger partial charge is 0.394 e. The molecule has 0 saturated carbocycles. The molecule has 0 spiro atoms. The topological polar surface area (TPSA) is 79.2 Å². The number of hydrogen-bond donors (Lipinski definition) is 3. The second kappa shape index (κ2) is 4.82. The number of anilines is 1. The number of halogens is 1. The molecule has 16 heavy (non-hydrogen) atoms. The highest BCUT2D eigenvalue weighted by Gasteiger charge is 2.18. The number of aliphatic hydroxyl groups is 1. The number of aliphatic hydroxyl groups excluding tert-OH is 1. The SMILES string of the molecule is O=c1c(Cl)c(NC2CNC2)cnn1CCO. The first-order valence-electron chi connectivity index (χ1n) is 5.06. The lowest BCUT2D eigenvalue weighted by atomic mass is 10.2. The molecule has 1 saturated heterocycles. The summed E-state index contributed by atoms with van der Waals surface area (Å²) < 4.78 is 1.15. The summed E-state index contributed by atoms with van der Waals surface area (Å²) >= 11 is 5.92. The van der Waals surface area contributed by atoms with E-state index >= 15 is 0 Å². The zero-order chi connectivity index (χ0) is 11.5. The molecular weight excluding hydrogens is 232 g/mol. The molecular formula is C9H13ClN4O2. The molecule has 0 bridgehead atoms. The maximum absolute atomic E-state index is 11.7. The van der Waals surface area contributed by atoms with E-state index in [1.807, 2.05) is 0 Å². The molecule has 1 aliphatic heterocycles. The van der Waals surface area contributed by atoms with Gasteiger partial charge >= 0.3 is 0 Å². The van der Waals surface area contributed by atoms with Crippen molar-refractivity contribution in [3.63, 3.8) is 0 Å². The Morgan fingerprint density at radius 1 is 1.69 bits per heavy atom. The molecule has 0 unspecified atom stereocenters. The maximum atomic E-state index is 11.7. The summed E-state index contributed by atoms with van der Waals surface area (Å²) in [6.45, 7) is 1.73. The van der Waals surface area contributed by atoms with E-state index in [2.05, 4.69) is 15.7 Å². The zero-order valence-electron chi connectivity index (χ0n) is 8.61. The van der Waals surface area contributed by atoms with Crippen molar-refractivity contribution in [1.29, 1.82) is 0 Å². The molecule has 0 aromatic carbocycles. The van der Waals surface area contributed by atoms with Gasteiger partial charge in [-0.25, -0.2) is 4.68 Å². The molecule has 2 rings (SSSR count). The zero-order valence-corrected chi connectivity index (χ0v) is 9.37. The number of nitrogens with zero attached hydrogens (tertiary/aromatic N) is 2. The Kier molecular flexibility index (Phi) is 3.42. The summed E-state index contributed by atoms with van der Waals surface area (Å²) in [5.74, 6) is 0. The van der Waals surface area contributed by atoms with Gasteiger partial charge in [0.2, 0.25) is 0 Å². The molecule has 0 atom stereocenters. The average Bonchev–Trinajstić information content (AvgIpc) is 2.21. The van der Waals surface area contributed by atoms with Gasteiger partial charge in [0.05, 0.1) is 31.1 Å². The Bertz CT molecular complexity index is 430. The molecule has 88 valence electrons. The highest BCUT2D eigenvalue weighted by molar-refractivity contribution is 6.32. The van der Waals surface area contributed by atoms with Gasteiger partial charge in [-0.05, 0) is 0 Å². The maximum Gasteiger partial charge on any atom is 0.287 e. The Hall–Kier alpha value is -1.11. The Morgan fingerprint density at radius 2 is 2.44 bits per heavy atom. The summed E-state index contributed by atoms with van der Waals surface area (Å²) in [6, 6.07) is 0.299. The van der Waals surface area contributed by atoms with Crippen molar-refractivity contribution in [3.8, 4) is 0 Å². The Balaban J connectivity index is 2.20. The van der Waals surface area contributed by atoms with Crippen LogP contribution >= 0.6 is 11.6 Å². The van der Waals surface area contributed by atoms with Crippen molar-refractivity contribution in [2.24, 2.45) is 0 Å². The lowest BCUT2D eigenvalue weighted by Gasteiger charge is -2.29. The van der Waals surface area contributed by atoms with Crippen LogP contribution in [0.15, 0.2) is 11.0 Å². The quantitative estimate of drug-likeness (QED) is 0.651. The van der Waals surface area contributed by atoms with E-state index in [0.29, 0.717) is 11.7 Å². The lowest BCUT2D eigenvalue weighted by molar-refractivity contribution is 0.266. The number of nitrogens with one attached hydrogen (secondary N) is 2. The monoisotopic (exact) mass is 244 g/mol. The van der Waals surface area contributed by atoms with Crippen molar-refractivity contribution in [3.05, 3.63) is 21.6 Å². The van der Waals surface area contributed by atoms with Crippen molar-refractivity contribution in [2.75, 3.05) is 25.0 Å². The van der Waals surface area contributed by atoms with Gasteiger partial charge in [0.25, 0.3) is 5.56 Å². The van der Waals surface area contributed by atoms with Gasteiger partial charge in [0.1, 0.15) is 5.02 Å². The molecule has 6 nitrogen and oxygen atoms in total. The molecule has 1 aromatic heterocycles. The van der Waals surface area contributed by atoms with Crippen LogP contribution in [0.2, 0.25) is 5.02 Å². The van der Waals surface area contributed by atoms with Crippen LogP contribution in [0.3, 0.4) is 0 Å². The van der Waals surface area contributed by atoms with Crippen LogP contribution < -0.4 is 16.2 Å². The van der Waals surface area contributed by atoms with E-state index in [1.54, 1.807) is 0 Å². The third kappa shape index (κ3) is 2.18. The highest BCUT2D eigenvalue weighted by Crippen LogP contribution is 2.17. The van der Waals surface area contributed by atoms with Gasteiger partial charge in [0.15, 0.2) is 0 Å². The lowest BCUT2D eigenvalue weighted by Crippen LogP contribution is -2.51. The van der Waals surface area contributed by atoms with Gasteiger partial charge in [-0.15, -0.1) is 0 Å². The van der Waals surface area contributed by atoms with E-state index in [-0.39, 0.29) is 23.7 Å². The van der Waals surface area contributed by atoms with Crippen LogP contribution in [-0.4, -0.2) is 40.6 Å². The number of rotatable bonds is 4. The van der Waals surface area contributed by atoms with Crippen LogP contribution in [0.25, 0.3) is 0 Å². The van der Waals surface area contributed by atoms with E-state index in [1.165, 1.54) is 6.20 Å². The second-order valence-corrected chi connectivity index (χ2v) is 4.00. The van der Waals surface area contributed by atoms with Crippen molar-refractivity contribution in [1.82, 2.24) is 15.1 Å². The summed E-state index contributed by atoms with van der Waals surface area (Å²) in [7, 11) is 0. The molecule has 7 heteroatoms. The Labute approximate surface area is 97.2 Å². The summed E-state index contributed by atoms with van der Waals surface area (Å²) in [5.41, 5.74) is 0.167. The fourth-order valence-corrected chi connectivity index (χ4v) is 1.63. The minimum atomic E-state index is -0.381. The fourth-order valence-electron chi connectivity index (χ4n) is 1.43. The van der Waals surface area contributed by atoms with Gasteiger partial charge in [-0.1, -0.05) is 11.6 Å². The van der Waals surface area contributed by atoms with Crippen LogP contribution in [0, 0.1) is 0 Å². The third-order valence-corrected chi connectivity index (χ3v) is 2.80. The van der Waals surface area contributed by atoms with Crippen LogP contribution in [0.4, 0.5) is 5.69 Å². The molecule has 0 amide bonds. The molecule has 1 fully saturated rings. The van der Waals surface area contributed by atoms with Crippen molar-refractivity contribution >= 4 is 17.3 Å². The van der Waals surface area contributed by atoms with Gasteiger partial charge in [0, 0.05) is 13.1 Å². The first-order chi connectivity index (χ1) is 7.72. The first kappa shape index (κ1) is 11.4. The molecule has 1 aromatic rings. The fraction of sp³-hybridized carbons (Fsp3) is 0.556. The first-order valence-corrected chi connectivity index (χ1v) is 5.44. The van der Waals surface area contributed by atoms with E-state index in [0.717, 1.165) is 17.8 Å². The van der Waals surface area contributed by atoms with E-state index in [9.17, 15) is 4.79 Å². The normalized spacial score (nSPS) is 15.9. The molecule has 1 aliphatic rings. The van der Waals surface area contributed by atoms with Gasteiger partial charge < -0.3 is 15.7 Å². The third-order valence-electron chi connectivity index (χ3n) is 2.44. The van der Waals surface area contributed by atoms with Crippen molar-refractivity contribution in [2.45, 2.75) is 12.6 Å². The van der Waals surface area contributed by atoms with Crippen LogP contribution in [-0.2, 0) is 6.54 Å². The van der Waals surface area contributed by atoms with Crippen LogP contribution in [0.5, 0.6) is 0 Å². The van der Waals surface area contributed by atoms with Gasteiger partial charge in [-0.3, -0.25) is 4.79 Å². The molecule has 2 heterocycles. The predicted octanol–water partition coefficient (Wildman–Crippen LogP) is -0.727. The minimum Gasteiger partial charge on any atom is -0.394 e. The second-order valence-electron chi connectivity index (χ2n) is 3.62. The summed E-state index contributed by atoms with van der Waals surface area (Å²) in [6.07, 6.45) is 1.51. The smallest absolute Gasteiger partial charge is 0.287 e. The highest BCUT2D eigenvalue weighted by atomic mass is 35.5. The Morgan fingerprint density at radius 3 is 3.00 bits per heavy atom. The van der Waals surface area contributed by atoms with Crippen molar-refractivity contribution < 1.29 is 5.11 Å². The molecule has 3 N–H and O–H groups in total. The minimum absolute atomic E-state index is 0.121. The molecule has 0 radical (unpaired) electrons. The molecule has 0 aliphatic carbocycles. The van der Waals surface area contributed by atoms with E-state index < -0.39 is 0 Å². The summed E-state index contributed by atoms with van der Waals surface area (Å²) in [5, 5.41) is 19.0. The standard InChI is InChI=1S/C9H13ClN4O2/c10-8-7(13-6-3-11-4-6)5-12-14(1-2-15)9(8)16/h5-6,11,13,15H,1-4H2. The van der Waals surface area contributed by atoms with Gasteiger partial charge in [-0.2, -0.15) is 5.10 Å². The number of hydrogen-bond acceptors (Lipinski definition) is 5.